The summed E-state index contributed by atoms with van der Waals surface area (Å²) in [5, 5.41) is 3.34. The fraction of sp³-hybridized carbons (Fsp3) is 0.176. The highest BCUT2D eigenvalue weighted by Gasteiger charge is 2.15. The van der Waals surface area contributed by atoms with E-state index in [1.165, 1.54) is 11.3 Å². The molecule has 0 unspecified atom stereocenters. The lowest BCUT2D eigenvalue weighted by Gasteiger charge is -2.03. The van der Waals surface area contributed by atoms with Gasteiger partial charge in [-0.05, 0) is 31.2 Å². The number of amides is 1. The van der Waals surface area contributed by atoms with Gasteiger partial charge in [0.25, 0.3) is 5.91 Å². The van der Waals surface area contributed by atoms with Crippen molar-refractivity contribution in [1.82, 2.24) is 4.98 Å². The zero-order valence-corrected chi connectivity index (χ0v) is 13.9. The number of aryl methyl sites for hydroxylation is 1. The normalized spacial score (nSPS) is 10.6. The molecule has 3 rings (SSSR count). The van der Waals surface area contributed by atoms with Crippen molar-refractivity contribution in [2.75, 3.05) is 19.5 Å². The number of benzene rings is 2. The highest BCUT2D eigenvalue weighted by molar-refractivity contribution is 7.22. The molecule has 0 saturated heterocycles. The predicted molar refractivity (Wildman–Crippen MR) is 91.9 cm³/mol. The minimum atomic E-state index is -0.189. The van der Waals surface area contributed by atoms with Crippen LogP contribution in [-0.2, 0) is 0 Å². The van der Waals surface area contributed by atoms with Gasteiger partial charge in [-0.25, -0.2) is 4.98 Å². The highest BCUT2D eigenvalue weighted by atomic mass is 32.1. The van der Waals surface area contributed by atoms with E-state index in [-0.39, 0.29) is 5.91 Å². The lowest BCUT2D eigenvalue weighted by Crippen LogP contribution is -2.11. The zero-order chi connectivity index (χ0) is 16.4. The summed E-state index contributed by atoms with van der Waals surface area (Å²) in [6.45, 7) is 1.95. The van der Waals surface area contributed by atoms with Gasteiger partial charge in [0, 0.05) is 5.56 Å². The van der Waals surface area contributed by atoms with E-state index in [2.05, 4.69) is 10.3 Å². The minimum absolute atomic E-state index is 0.189. The second kappa shape index (κ2) is 6.26. The Hall–Kier alpha value is -2.60. The summed E-state index contributed by atoms with van der Waals surface area (Å²) in [4.78, 5) is 16.8. The van der Waals surface area contributed by atoms with E-state index in [9.17, 15) is 4.79 Å². The van der Waals surface area contributed by atoms with E-state index in [0.29, 0.717) is 27.7 Å². The molecule has 1 amide bonds. The summed E-state index contributed by atoms with van der Waals surface area (Å²) in [6.07, 6.45) is 0. The zero-order valence-electron chi connectivity index (χ0n) is 13.0. The third kappa shape index (κ3) is 2.98. The predicted octanol–water partition coefficient (Wildman–Crippen LogP) is 3.87. The van der Waals surface area contributed by atoms with Crippen LogP contribution in [0.4, 0.5) is 5.13 Å². The van der Waals surface area contributed by atoms with Gasteiger partial charge in [-0.3, -0.25) is 10.1 Å². The van der Waals surface area contributed by atoms with Crippen molar-refractivity contribution in [2.24, 2.45) is 0 Å². The molecule has 3 aromatic rings. The summed E-state index contributed by atoms with van der Waals surface area (Å²) in [7, 11) is 3.19. The Morgan fingerprint density at radius 3 is 2.57 bits per heavy atom. The third-order valence-electron chi connectivity index (χ3n) is 3.41. The van der Waals surface area contributed by atoms with Crippen molar-refractivity contribution in [1.29, 1.82) is 0 Å². The molecule has 0 aliphatic heterocycles. The molecule has 6 heteroatoms. The average molecular weight is 328 g/mol. The molecular formula is C17H16N2O3S. The fourth-order valence-electron chi connectivity index (χ4n) is 2.29. The third-order valence-corrected chi connectivity index (χ3v) is 4.40. The fourth-order valence-corrected chi connectivity index (χ4v) is 3.26. The number of methoxy groups -OCH3 is 2. The SMILES string of the molecule is COc1ccc(OC)c2sc(NC(=O)c3cccc(C)c3)nc12. The molecule has 0 radical (unpaired) electrons. The maximum Gasteiger partial charge on any atom is 0.257 e. The molecule has 0 spiro atoms. The summed E-state index contributed by atoms with van der Waals surface area (Å²) in [5.74, 6) is 1.16. The number of rotatable bonds is 4. The Morgan fingerprint density at radius 2 is 1.87 bits per heavy atom. The second-order valence-electron chi connectivity index (χ2n) is 4.99. The van der Waals surface area contributed by atoms with E-state index in [0.717, 1.165) is 10.3 Å². The van der Waals surface area contributed by atoms with Gasteiger partial charge in [-0.1, -0.05) is 29.0 Å². The van der Waals surface area contributed by atoms with Gasteiger partial charge < -0.3 is 9.47 Å². The Kier molecular flexibility index (Phi) is 4.16. The maximum absolute atomic E-state index is 12.3. The Bertz CT molecular complexity index is 832. The summed E-state index contributed by atoms with van der Waals surface area (Å²) in [6, 6.07) is 11.0. The smallest absolute Gasteiger partial charge is 0.257 e. The molecule has 23 heavy (non-hydrogen) atoms. The molecule has 0 aliphatic rings. The van der Waals surface area contributed by atoms with Crippen LogP contribution in [0.1, 0.15) is 15.9 Å². The molecule has 0 bridgehead atoms. The summed E-state index contributed by atoms with van der Waals surface area (Å²) < 4.78 is 11.5. The average Bonchev–Trinajstić information content (AvgIpc) is 2.97. The van der Waals surface area contributed by atoms with Gasteiger partial charge in [0.15, 0.2) is 5.13 Å². The molecule has 1 N–H and O–H groups in total. The number of nitrogens with one attached hydrogen (secondary N) is 1. The molecule has 1 aromatic heterocycles. The number of aromatic nitrogens is 1. The van der Waals surface area contributed by atoms with Crippen LogP contribution < -0.4 is 14.8 Å². The quantitative estimate of drug-likeness (QED) is 0.790. The number of anilines is 1. The van der Waals surface area contributed by atoms with E-state index < -0.39 is 0 Å². The van der Waals surface area contributed by atoms with Gasteiger partial charge in [0.1, 0.15) is 21.7 Å². The summed E-state index contributed by atoms with van der Waals surface area (Å²) >= 11 is 1.36. The van der Waals surface area contributed by atoms with Gasteiger partial charge in [0.2, 0.25) is 0 Å². The number of carbonyl (C=O) groups excluding carboxylic acids is 1. The van der Waals surface area contributed by atoms with Crippen molar-refractivity contribution < 1.29 is 14.3 Å². The first-order valence-electron chi connectivity index (χ1n) is 7.02. The van der Waals surface area contributed by atoms with Crippen LogP contribution in [0.15, 0.2) is 36.4 Å². The van der Waals surface area contributed by atoms with Crippen LogP contribution in [-0.4, -0.2) is 25.1 Å². The molecular weight excluding hydrogens is 312 g/mol. The van der Waals surface area contributed by atoms with E-state index in [1.54, 1.807) is 26.4 Å². The van der Waals surface area contributed by atoms with Crippen molar-refractivity contribution >= 4 is 32.6 Å². The molecule has 0 fully saturated rings. The minimum Gasteiger partial charge on any atom is -0.495 e. The van der Waals surface area contributed by atoms with Crippen LogP contribution in [0, 0.1) is 6.92 Å². The van der Waals surface area contributed by atoms with Gasteiger partial charge in [-0.2, -0.15) is 0 Å². The largest absolute Gasteiger partial charge is 0.495 e. The number of nitrogens with zero attached hydrogens (tertiary/aromatic N) is 1. The second-order valence-corrected chi connectivity index (χ2v) is 5.99. The van der Waals surface area contributed by atoms with Crippen LogP contribution >= 0.6 is 11.3 Å². The first kappa shape index (κ1) is 15.3. The van der Waals surface area contributed by atoms with Crippen molar-refractivity contribution in [3.8, 4) is 11.5 Å². The van der Waals surface area contributed by atoms with Crippen molar-refractivity contribution in [3.63, 3.8) is 0 Å². The molecule has 0 aliphatic carbocycles. The van der Waals surface area contributed by atoms with Crippen LogP contribution in [0.25, 0.3) is 10.2 Å². The van der Waals surface area contributed by atoms with Crippen molar-refractivity contribution in [2.45, 2.75) is 6.92 Å². The number of hydrogen-bond acceptors (Lipinski definition) is 5. The number of thiazole rings is 1. The van der Waals surface area contributed by atoms with E-state index in [1.807, 2.05) is 31.2 Å². The topological polar surface area (TPSA) is 60.5 Å². The molecule has 0 saturated carbocycles. The van der Waals surface area contributed by atoms with Crippen LogP contribution in [0.2, 0.25) is 0 Å². The Balaban J connectivity index is 1.96. The Morgan fingerprint density at radius 1 is 1.13 bits per heavy atom. The molecule has 2 aromatic carbocycles. The van der Waals surface area contributed by atoms with E-state index in [4.69, 9.17) is 9.47 Å². The molecule has 118 valence electrons. The number of carbonyl (C=O) groups is 1. The summed E-state index contributed by atoms with van der Waals surface area (Å²) in [5.41, 5.74) is 2.31. The van der Waals surface area contributed by atoms with Crippen molar-refractivity contribution in [3.05, 3.63) is 47.5 Å². The van der Waals surface area contributed by atoms with Gasteiger partial charge in [-0.15, -0.1) is 0 Å². The van der Waals surface area contributed by atoms with E-state index >= 15 is 0 Å². The molecule has 1 heterocycles. The van der Waals surface area contributed by atoms with Crippen LogP contribution in [0.3, 0.4) is 0 Å². The number of hydrogen-bond donors (Lipinski definition) is 1. The number of ether oxygens (including phenoxy) is 2. The molecule has 5 nitrogen and oxygen atoms in total. The lowest BCUT2D eigenvalue weighted by molar-refractivity contribution is 0.102. The lowest BCUT2D eigenvalue weighted by atomic mass is 10.1. The molecule has 0 atom stereocenters. The Labute approximate surface area is 137 Å². The van der Waals surface area contributed by atoms with Gasteiger partial charge in [0.05, 0.1) is 14.2 Å². The first-order chi connectivity index (χ1) is 11.1. The number of fused-ring (bicyclic) bond motifs is 1. The monoisotopic (exact) mass is 328 g/mol. The van der Waals surface area contributed by atoms with Crippen LogP contribution in [0.5, 0.6) is 11.5 Å². The first-order valence-corrected chi connectivity index (χ1v) is 7.83. The highest BCUT2D eigenvalue weighted by Crippen LogP contribution is 2.38. The maximum atomic E-state index is 12.3. The standard InChI is InChI=1S/C17H16N2O3S/c1-10-5-4-6-11(9-10)16(20)19-17-18-14-12(21-2)7-8-13(22-3)15(14)23-17/h4-9H,1-3H3,(H,18,19,20). The van der Waals surface area contributed by atoms with Gasteiger partial charge >= 0.3 is 0 Å².